The number of ether oxygens (including phenoxy) is 1. The number of hydrogen-bond donors (Lipinski definition) is 3. The number of phenols is 2. The monoisotopic (exact) mass is 493 g/mol. The first-order valence-electron chi connectivity index (χ1n) is 10.9. The summed E-state index contributed by atoms with van der Waals surface area (Å²) in [5.41, 5.74) is -1.65. The average Bonchev–Trinajstić information content (AvgIpc) is 2.79. The summed E-state index contributed by atoms with van der Waals surface area (Å²) in [5.74, 6) is -4.20. The third kappa shape index (κ3) is 3.86. The molecule has 10 heteroatoms. The number of aromatic nitrogens is 1. The zero-order valence-corrected chi connectivity index (χ0v) is 19.9. The van der Waals surface area contributed by atoms with Crippen LogP contribution in [0.1, 0.15) is 46.3 Å². The van der Waals surface area contributed by atoms with E-state index in [1.165, 1.54) is 31.7 Å². The molecule has 4 aromatic rings. The second-order valence-electron chi connectivity index (χ2n) is 8.53. The Morgan fingerprint density at radius 3 is 2.42 bits per heavy atom. The van der Waals surface area contributed by atoms with Gasteiger partial charge < -0.3 is 29.0 Å². The van der Waals surface area contributed by atoms with Gasteiger partial charge in [0.1, 0.15) is 28.4 Å². The average molecular weight is 493 g/mol. The van der Waals surface area contributed by atoms with Crippen molar-refractivity contribution < 1.29 is 34.1 Å². The van der Waals surface area contributed by atoms with Crippen LogP contribution in [-0.4, -0.2) is 38.7 Å². The first kappa shape index (κ1) is 24.5. The van der Waals surface area contributed by atoms with Gasteiger partial charge in [0.15, 0.2) is 5.78 Å². The number of carbonyl (C=O) groups is 2. The molecule has 0 saturated carbocycles. The summed E-state index contributed by atoms with van der Waals surface area (Å²) in [6.07, 6.45) is -0.681. The van der Waals surface area contributed by atoms with Crippen LogP contribution in [0, 0.1) is 6.92 Å². The van der Waals surface area contributed by atoms with E-state index in [9.17, 15) is 34.5 Å². The van der Waals surface area contributed by atoms with E-state index < -0.39 is 52.3 Å². The number of benzene rings is 2. The topological polar surface area (TPSA) is 156 Å². The van der Waals surface area contributed by atoms with Crippen molar-refractivity contribution in [3.63, 3.8) is 0 Å². The maximum atomic E-state index is 13.5. The minimum Gasteiger partial charge on any atom is -0.507 e. The maximum absolute atomic E-state index is 13.5. The molecule has 0 spiro atoms. The molecule has 2 heterocycles. The van der Waals surface area contributed by atoms with E-state index in [2.05, 4.69) is 0 Å². The molecule has 0 fully saturated rings. The molecule has 10 nitrogen and oxygen atoms in total. The molecule has 0 aliphatic rings. The lowest BCUT2D eigenvalue weighted by atomic mass is 9.84. The number of aryl methyl sites for hydroxylation is 2. The van der Waals surface area contributed by atoms with Crippen molar-refractivity contribution in [3.8, 4) is 17.2 Å². The van der Waals surface area contributed by atoms with Gasteiger partial charge >= 0.3 is 11.6 Å². The summed E-state index contributed by atoms with van der Waals surface area (Å²) >= 11 is 0. The molecule has 2 aromatic heterocycles. The van der Waals surface area contributed by atoms with Gasteiger partial charge in [-0.1, -0.05) is 0 Å². The zero-order chi connectivity index (χ0) is 26.5. The lowest BCUT2D eigenvalue weighted by Gasteiger charge is -2.22. The summed E-state index contributed by atoms with van der Waals surface area (Å²) in [6.45, 7) is 2.62. The molecule has 0 bridgehead atoms. The molecule has 0 amide bonds. The van der Waals surface area contributed by atoms with Gasteiger partial charge in [0.2, 0.25) is 0 Å². The quantitative estimate of drug-likeness (QED) is 0.271. The molecule has 0 aliphatic carbocycles. The van der Waals surface area contributed by atoms with Crippen molar-refractivity contribution in [1.82, 2.24) is 4.57 Å². The van der Waals surface area contributed by atoms with Crippen LogP contribution in [0.25, 0.3) is 21.9 Å². The van der Waals surface area contributed by atoms with E-state index in [0.29, 0.717) is 16.7 Å². The fraction of sp³-hybridized carbons (Fsp3) is 0.231. The first-order chi connectivity index (χ1) is 17.0. The lowest BCUT2D eigenvalue weighted by molar-refractivity contribution is -0.137. The molecule has 0 saturated heterocycles. The number of carbonyl (C=O) groups excluding carboxylic acids is 1. The van der Waals surface area contributed by atoms with E-state index in [4.69, 9.17) is 9.15 Å². The van der Waals surface area contributed by atoms with Crippen molar-refractivity contribution >= 4 is 33.6 Å². The van der Waals surface area contributed by atoms with E-state index in [0.717, 1.165) is 13.0 Å². The van der Waals surface area contributed by atoms with Crippen LogP contribution in [0.4, 0.5) is 0 Å². The normalized spacial score (nSPS) is 12.1. The fourth-order valence-corrected chi connectivity index (χ4v) is 4.62. The number of rotatable bonds is 6. The highest BCUT2D eigenvalue weighted by molar-refractivity contribution is 6.07. The Bertz CT molecular complexity index is 1690. The Balaban J connectivity index is 2.18. The molecular weight excluding hydrogens is 470 g/mol. The minimum absolute atomic E-state index is 0.0153. The molecule has 0 unspecified atom stereocenters. The molecule has 2 aromatic carbocycles. The summed E-state index contributed by atoms with van der Waals surface area (Å²) in [7, 11) is 2.99. The Kier molecular flexibility index (Phi) is 6.05. The van der Waals surface area contributed by atoms with Gasteiger partial charge in [-0.3, -0.25) is 14.4 Å². The number of aliphatic carboxylic acids is 1. The maximum Gasteiger partial charge on any atom is 0.336 e. The van der Waals surface area contributed by atoms with Crippen LogP contribution in [0.3, 0.4) is 0 Å². The summed E-state index contributed by atoms with van der Waals surface area (Å²) in [4.78, 5) is 50.1. The predicted octanol–water partition coefficient (Wildman–Crippen LogP) is 3.18. The Morgan fingerprint density at radius 1 is 1.11 bits per heavy atom. The van der Waals surface area contributed by atoms with Gasteiger partial charge in [-0.2, -0.15) is 0 Å². The number of aromatic hydroxyl groups is 2. The SMILES string of the molecule is COc1ccc2cc([C@@H](CC(=O)O)c3c(O)c(C(C)=O)c(O)c4c(C)cc(=O)oc34)c(=O)n(C)c2c1. The third-order valence-corrected chi connectivity index (χ3v) is 6.28. The standard InChI is InChI=1S/C26H23NO9/c1-11-7-19(31)36-25-20(11)23(32)21(12(2)28)24(33)22(25)15(10-18(29)30)16-8-13-5-6-14(35-4)9-17(13)27(3)26(16)34/h5-9,15,32-33H,10H2,1-4H3,(H,29,30)/t15-/m1/s1. The number of ketones is 1. The second kappa shape index (κ2) is 8.88. The molecule has 4 rings (SSSR count). The number of phenolic OH excluding ortho intramolecular Hbond substituents is 2. The highest BCUT2D eigenvalue weighted by Crippen LogP contribution is 2.46. The van der Waals surface area contributed by atoms with Crippen LogP contribution >= 0.6 is 0 Å². The van der Waals surface area contributed by atoms with Crippen molar-refractivity contribution in [2.45, 2.75) is 26.2 Å². The highest BCUT2D eigenvalue weighted by Gasteiger charge is 2.33. The van der Waals surface area contributed by atoms with E-state index >= 15 is 0 Å². The van der Waals surface area contributed by atoms with Crippen LogP contribution in [0.2, 0.25) is 0 Å². The summed E-state index contributed by atoms with van der Waals surface area (Å²) in [5, 5.41) is 32.2. The first-order valence-corrected chi connectivity index (χ1v) is 10.9. The lowest BCUT2D eigenvalue weighted by Crippen LogP contribution is -2.25. The predicted molar refractivity (Wildman–Crippen MR) is 130 cm³/mol. The van der Waals surface area contributed by atoms with Gasteiger partial charge in [0, 0.05) is 36.2 Å². The number of methoxy groups -OCH3 is 1. The largest absolute Gasteiger partial charge is 0.507 e. The van der Waals surface area contributed by atoms with Gasteiger partial charge in [-0.15, -0.1) is 0 Å². The molecule has 3 N–H and O–H groups in total. The number of hydrogen-bond acceptors (Lipinski definition) is 8. The van der Waals surface area contributed by atoms with Crippen LogP contribution in [0.5, 0.6) is 17.2 Å². The fourth-order valence-electron chi connectivity index (χ4n) is 4.62. The molecule has 186 valence electrons. The van der Waals surface area contributed by atoms with Crippen LogP contribution in [-0.2, 0) is 11.8 Å². The van der Waals surface area contributed by atoms with Crippen LogP contribution in [0.15, 0.2) is 44.3 Å². The van der Waals surface area contributed by atoms with Gasteiger partial charge in [-0.25, -0.2) is 4.79 Å². The number of fused-ring (bicyclic) bond motifs is 2. The summed E-state index contributed by atoms with van der Waals surface area (Å²) < 4.78 is 11.9. The Morgan fingerprint density at radius 2 is 1.81 bits per heavy atom. The van der Waals surface area contributed by atoms with Gasteiger partial charge in [0.05, 0.1) is 24.4 Å². The van der Waals surface area contributed by atoms with Crippen molar-refractivity contribution in [1.29, 1.82) is 0 Å². The molecule has 0 aliphatic heterocycles. The number of carboxylic acid groups (broad SMARTS) is 1. The van der Waals surface area contributed by atoms with Crippen molar-refractivity contribution in [2.24, 2.45) is 7.05 Å². The number of carboxylic acids is 1. The van der Waals surface area contributed by atoms with Crippen LogP contribution < -0.4 is 15.9 Å². The van der Waals surface area contributed by atoms with Crippen molar-refractivity contribution in [3.05, 3.63) is 73.4 Å². The van der Waals surface area contributed by atoms with E-state index in [-0.39, 0.29) is 27.7 Å². The Labute approximate surface area is 203 Å². The smallest absolute Gasteiger partial charge is 0.336 e. The third-order valence-electron chi connectivity index (χ3n) is 6.28. The minimum atomic E-state index is -1.33. The summed E-state index contributed by atoms with van der Waals surface area (Å²) in [6, 6.07) is 7.60. The highest BCUT2D eigenvalue weighted by atomic mass is 16.5. The van der Waals surface area contributed by atoms with E-state index in [1.54, 1.807) is 18.2 Å². The van der Waals surface area contributed by atoms with E-state index in [1.807, 2.05) is 0 Å². The van der Waals surface area contributed by atoms with Crippen molar-refractivity contribution in [2.75, 3.05) is 7.11 Å². The Hall–Kier alpha value is -4.60. The zero-order valence-electron chi connectivity index (χ0n) is 19.9. The molecule has 36 heavy (non-hydrogen) atoms. The number of nitrogens with zero attached hydrogens (tertiary/aromatic N) is 1. The molecule has 0 radical (unpaired) electrons. The van der Waals surface area contributed by atoms with Gasteiger partial charge in [-0.05, 0) is 43.0 Å². The molecular formula is C26H23NO9. The van der Waals surface area contributed by atoms with Gasteiger partial charge in [0.25, 0.3) is 5.56 Å². The molecule has 1 atom stereocenters. The second-order valence-corrected chi connectivity index (χ2v) is 8.53. The number of pyridine rings is 1. The number of Topliss-reactive ketones (excluding diaryl/α,β-unsaturated/α-hetero) is 1.